The molecule has 15 heterocycles. The number of ether oxygens (including phenoxy) is 1. The van der Waals surface area contributed by atoms with Gasteiger partial charge in [0.1, 0.15) is 34.6 Å². The lowest BCUT2D eigenvalue weighted by atomic mass is 9.92. The van der Waals surface area contributed by atoms with Crippen LogP contribution in [0.4, 0.5) is 79.5 Å². The number of pyridine rings is 5. The lowest BCUT2D eigenvalue weighted by Crippen LogP contribution is -2.24. The van der Waals surface area contributed by atoms with Crippen LogP contribution in [0, 0.1) is 76.0 Å². The molecule has 0 aliphatic heterocycles. The number of aromatic nitrogens is 25. The summed E-state index contributed by atoms with van der Waals surface area (Å²) in [6, 6.07) is 39.1. The van der Waals surface area contributed by atoms with Crippen LogP contribution in [0.2, 0.25) is 0 Å². The van der Waals surface area contributed by atoms with Crippen molar-refractivity contribution in [1.29, 1.82) is 0 Å². The fraction of sp³-hybridized carbons (Fsp3) is 0.173. The first-order chi connectivity index (χ1) is 68.3. The van der Waals surface area contributed by atoms with Gasteiger partial charge in [-0.25, -0.2) is 126 Å². The second kappa shape index (κ2) is 43.8. The van der Waals surface area contributed by atoms with Crippen molar-refractivity contribution >= 4 is 119 Å². The topological polar surface area (TPSA) is 382 Å². The summed E-state index contributed by atoms with van der Waals surface area (Å²) < 4.78 is 77.2. The van der Waals surface area contributed by atoms with Crippen LogP contribution in [0.5, 0.6) is 0 Å². The van der Waals surface area contributed by atoms with Crippen LogP contribution in [-0.2, 0) is 4.74 Å². The van der Waals surface area contributed by atoms with E-state index >= 15 is 0 Å². The number of nitrogens with zero attached hydrogens (tertiary/aromatic N) is 28. The molecular formula is C104H91F5N30O2. The van der Waals surface area contributed by atoms with E-state index in [2.05, 4.69) is 163 Å². The Labute approximate surface area is 806 Å². The lowest BCUT2D eigenvalue weighted by Gasteiger charge is -2.28. The minimum Gasteiger partial charge on any atom is -0.465 e. The van der Waals surface area contributed by atoms with Gasteiger partial charge >= 0.3 is 5.97 Å². The average Bonchev–Trinajstić information content (AvgIpc) is 0.796. The van der Waals surface area contributed by atoms with Crippen LogP contribution in [-0.4, -0.2) is 158 Å². The van der Waals surface area contributed by atoms with Gasteiger partial charge in [-0.05, 0) is 175 Å². The largest absolute Gasteiger partial charge is 0.465 e. The van der Waals surface area contributed by atoms with E-state index in [1.807, 2.05) is 96.0 Å². The van der Waals surface area contributed by atoms with Crippen molar-refractivity contribution in [2.75, 3.05) is 52.6 Å². The third-order valence-corrected chi connectivity index (χ3v) is 21.8. The summed E-state index contributed by atoms with van der Waals surface area (Å²) in [7, 11) is 3.14. The number of hydrogen-bond acceptors (Lipinski definition) is 32. The Kier molecular flexibility index (Phi) is 29.9. The Hall–Kier alpha value is -17.9. The van der Waals surface area contributed by atoms with E-state index in [1.54, 1.807) is 166 Å². The number of methoxy groups -OCH3 is 1. The number of benzene rings is 5. The normalized spacial score (nSPS) is 11.0. The predicted molar refractivity (Wildman–Crippen MR) is 531 cm³/mol. The van der Waals surface area contributed by atoms with Crippen LogP contribution in [0.25, 0.3) is 113 Å². The summed E-state index contributed by atoms with van der Waals surface area (Å²) in [5, 5.41) is 6.30. The van der Waals surface area contributed by atoms with Gasteiger partial charge in [-0.2, -0.15) is 0 Å². The molecule has 0 fully saturated rings. The second-order valence-electron chi connectivity index (χ2n) is 33.5. The standard InChI is InChI=1S/C24H25FN6.C22H21FN6.C20H15FN6O2.2C19H15FN6/c1-16-5-6-19(25)18(15-16)21-29-22-20(27-12-13-28-22)23(30-21)31(14-9-24(2,3)4)17-7-10-26-11-8-17;1-3-4-13-29(16-7-9-24-10-8-16)22-19-21(26-12-11-25-19)27-20(28-22)17-14-15(2)5-6-18(17)23;1-11-3-4-14(21)12(9-11)17-26-18-16(23-7-8-24-18)19(27-17)25-15-5-6-22-10-13(15)20(28)29-2;1-12-3-4-15(20)14(11-12)17-24-18-16(22-9-10-23-18)19(25-17)26(2)13-5-7-21-8-6-13;1-11-3-4-14(20)13(9-11)17-25-18-16(22-7-8-23-18)19(26-17)24-15-5-6-21-10-12(15)2/h5-8,10-13,15H,9,14H2,1-4H3;5-12,14H,3-4,13H2,1-2H3;3-10H,1-2H3,(H,22,24,25,26,27);3-11H,1-2H3;3-10H,1-2H3,(H,21,23,24,25,26). The number of anilines is 10. The minimum atomic E-state index is -0.560. The van der Waals surface area contributed by atoms with Crippen molar-refractivity contribution in [3.05, 3.63) is 331 Å². The molecule has 0 spiro atoms. The van der Waals surface area contributed by atoms with Crippen molar-refractivity contribution in [3.63, 3.8) is 0 Å². The highest BCUT2D eigenvalue weighted by Gasteiger charge is 2.27. The van der Waals surface area contributed by atoms with Gasteiger partial charge in [0.25, 0.3) is 0 Å². The minimum absolute atomic E-state index is 0.116. The monoisotopic (exact) mass is 1890 g/mol. The van der Waals surface area contributed by atoms with Crippen LogP contribution in [0.15, 0.2) is 263 Å². The summed E-state index contributed by atoms with van der Waals surface area (Å²) in [5.74, 6) is 1.25. The molecule has 2 N–H and O–H groups in total. The lowest BCUT2D eigenvalue weighted by molar-refractivity contribution is 0.0601. The molecule has 0 amide bonds. The molecule has 0 saturated carbocycles. The maximum absolute atomic E-state index is 14.7. The molecule has 0 saturated heterocycles. The van der Waals surface area contributed by atoms with E-state index in [0.29, 0.717) is 120 Å². The Morgan fingerprint density at radius 2 is 0.645 bits per heavy atom. The predicted octanol–water partition coefficient (Wildman–Crippen LogP) is 21.5. The molecule has 5 aromatic carbocycles. The van der Waals surface area contributed by atoms with Gasteiger partial charge in [0.05, 0.1) is 40.6 Å². The zero-order valence-corrected chi connectivity index (χ0v) is 78.6. The van der Waals surface area contributed by atoms with E-state index < -0.39 is 11.8 Å². The van der Waals surface area contributed by atoms with Crippen molar-refractivity contribution < 1.29 is 31.5 Å². The van der Waals surface area contributed by atoms with E-state index in [0.717, 1.165) is 81.9 Å². The molecule has 0 bridgehead atoms. The number of fused-ring (bicyclic) bond motifs is 5. The van der Waals surface area contributed by atoms with Crippen molar-refractivity contribution in [2.45, 2.75) is 88.5 Å². The zero-order valence-electron chi connectivity index (χ0n) is 78.6. The number of unbranched alkanes of at least 4 members (excludes halogenated alkanes) is 1. The Morgan fingerprint density at radius 1 is 0.340 bits per heavy atom. The van der Waals surface area contributed by atoms with Crippen molar-refractivity contribution in [1.82, 2.24) is 125 Å². The molecule has 0 unspecified atom stereocenters. The maximum Gasteiger partial charge on any atom is 0.341 e. The van der Waals surface area contributed by atoms with Gasteiger partial charge in [-0.1, -0.05) is 92.3 Å². The molecule has 37 heteroatoms. The maximum atomic E-state index is 14.7. The van der Waals surface area contributed by atoms with Gasteiger partial charge in [0.2, 0.25) is 0 Å². The number of rotatable bonds is 21. The molecule has 0 atom stereocenters. The Bertz CT molecular complexity index is 7910. The number of nitrogens with one attached hydrogen (secondary N) is 2. The number of carbonyl (C=O) groups excluding carboxylic acids is 1. The molecule has 32 nitrogen and oxygen atoms in total. The SMILES string of the molecule is CCCCN(c1ccncc1)c1nc(-c2cc(C)ccc2F)nc2nccnc12.COC(=O)c1cnccc1Nc1nc(-c2cc(C)ccc2F)nc2nccnc12.Cc1ccc(F)c(-c2nc(N(C)c3ccncc3)c3nccnc3n2)c1.Cc1ccc(F)c(-c2nc(N(CCC(C)(C)C)c3ccncc3)c3nccnc3n2)c1.Cc1ccc(F)c(-c2nc(Nc3ccncc3C)c3nccnc3n2)c1. The van der Waals surface area contributed by atoms with Gasteiger partial charge in [-0.15, -0.1) is 0 Å². The number of hydrogen-bond donors (Lipinski definition) is 2. The van der Waals surface area contributed by atoms with Crippen LogP contribution < -0.4 is 25.3 Å². The fourth-order valence-electron chi connectivity index (χ4n) is 14.6. The first-order valence-electron chi connectivity index (χ1n) is 44.5. The van der Waals surface area contributed by atoms with Gasteiger partial charge in [0.15, 0.2) is 114 Å². The highest BCUT2D eigenvalue weighted by Crippen LogP contribution is 2.39. The molecule has 15 aromatic heterocycles. The summed E-state index contributed by atoms with van der Waals surface area (Å²) in [4.78, 5) is 127. The van der Waals surface area contributed by atoms with E-state index in [4.69, 9.17) is 14.7 Å². The van der Waals surface area contributed by atoms with Crippen molar-refractivity contribution in [2.24, 2.45) is 5.41 Å². The van der Waals surface area contributed by atoms with E-state index in [-0.39, 0.29) is 68.7 Å². The van der Waals surface area contributed by atoms with Crippen LogP contribution in [0.1, 0.15) is 90.7 Å². The van der Waals surface area contributed by atoms with E-state index in [9.17, 15) is 26.7 Å². The number of aryl methyl sites for hydroxylation is 6. The molecule has 20 rings (SSSR count). The summed E-state index contributed by atoms with van der Waals surface area (Å²) >= 11 is 0. The quantitative estimate of drug-likeness (QED) is 0.0498. The first-order valence-corrected chi connectivity index (χ1v) is 44.5. The molecule has 0 aliphatic carbocycles. The molecule has 141 heavy (non-hydrogen) atoms. The number of carbonyl (C=O) groups is 1. The number of esters is 1. The smallest absolute Gasteiger partial charge is 0.341 e. The van der Waals surface area contributed by atoms with E-state index in [1.165, 1.54) is 62.2 Å². The third-order valence-electron chi connectivity index (χ3n) is 21.8. The summed E-state index contributed by atoms with van der Waals surface area (Å²) in [6.45, 7) is 21.6. The Balaban J connectivity index is 0.000000127. The van der Waals surface area contributed by atoms with Gasteiger partial charge in [0, 0.05) is 167 Å². The average molecular weight is 1890 g/mol. The summed E-state index contributed by atoms with van der Waals surface area (Å²) in [6.07, 6.45) is 35.2. The van der Waals surface area contributed by atoms with Crippen molar-refractivity contribution in [3.8, 4) is 56.9 Å². The number of halogens is 5. The van der Waals surface area contributed by atoms with Gasteiger partial charge in [-0.3, -0.25) is 24.9 Å². The molecule has 20 aromatic rings. The molecular weight excluding hydrogens is 1800 g/mol. The molecule has 704 valence electrons. The summed E-state index contributed by atoms with van der Waals surface area (Å²) in [5.41, 5.74) is 16.0. The molecule has 0 aliphatic rings. The fourth-order valence-corrected chi connectivity index (χ4v) is 14.6. The van der Waals surface area contributed by atoms with Gasteiger partial charge < -0.3 is 30.1 Å². The zero-order chi connectivity index (χ0) is 98.8. The third kappa shape index (κ3) is 23.1. The Morgan fingerprint density at radius 3 is 1.01 bits per heavy atom. The second-order valence-corrected chi connectivity index (χ2v) is 33.5. The highest BCUT2D eigenvalue weighted by atomic mass is 19.1. The van der Waals surface area contributed by atoms with Crippen LogP contribution >= 0.6 is 0 Å². The highest BCUT2D eigenvalue weighted by molar-refractivity contribution is 5.98. The first kappa shape index (κ1) is 96.2. The van der Waals surface area contributed by atoms with Crippen LogP contribution in [0.3, 0.4) is 0 Å². The molecule has 0 radical (unpaired) electrons.